The number of aromatic nitrogens is 1. The Labute approximate surface area is 247 Å². The summed E-state index contributed by atoms with van der Waals surface area (Å²) in [5, 5.41) is 22.5. The average Bonchev–Trinajstić information content (AvgIpc) is 3.56. The van der Waals surface area contributed by atoms with E-state index in [0.717, 1.165) is 17.4 Å². The SMILES string of the molecule is CN(C)CCOc1ccc2[nH]c(C(=O)N3CC(CCl)c4c3cc([N+](=O)[O-])c3cc(S(=O)(=O)NCCO)ccc43)cc2c1. The van der Waals surface area contributed by atoms with Gasteiger partial charge in [-0.3, -0.25) is 14.9 Å². The molecule has 3 N–H and O–H groups in total. The Hall–Kier alpha value is -3.75. The molecule has 1 aliphatic heterocycles. The van der Waals surface area contributed by atoms with Crippen molar-refractivity contribution in [1.82, 2.24) is 14.6 Å². The van der Waals surface area contributed by atoms with E-state index in [2.05, 4.69) is 9.71 Å². The van der Waals surface area contributed by atoms with Crippen molar-refractivity contribution in [3.8, 4) is 5.75 Å². The zero-order valence-corrected chi connectivity index (χ0v) is 24.5. The van der Waals surface area contributed by atoms with Gasteiger partial charge in [0.1, 0.15) is 18.1 Å². The summed E-state index contributed by atoms with van der Waals surface area (Å²) in [7, 11) is -0.0977. The topological polar surface area (TPSA) is 158 Å². The minimum absolute atomic E-state index is 0.113. The van der Waals surface area contributed by atoms with Crippen LogP contribution in [0.1, 0.15) is 22.0 Å². The monoisotopic (exact) mass is 615 g/mol. The number of carbonyl (C=O) groups excluding carboxylic acids is 1. The predicted molar refractivity (Wildman–Crippen MR) is 160 cm³/mol. The molecular formula is C28H30ClN5O7S. The predicted octanol–water partition coefficient (Wildman–Crippen LogP) is 3.42. The zero-order valence-electron chi connectivity index (χ0n) is 23.0. The second-order valence-electron chi connectivity index (χ2n) is 10.3. The van der Waals surface area contributed by atoms with Crippen LogP contribution in [0.15, 0.2) is 53.4 Å². The number of likely N-dealkylation sites (N-methyl/N-ethyl adjacent to an activating group) is 1. The molecule has 1 amide bonds. The number of nitro groups is 1. The lowest BCUT2D eigenvalue weighted by molar-refractivity contribution is -0.383. The number of amides is 1. The quantitative estimate of drug-likeness (QED) is 0.132. The number of aliphatic hydroxyl groups excluding tert-OH is 1. The number of benzene rings is 3. The third kappa shape index (κ3) is 5.65. The number of fused-ring (bicyclic) bond motifs is 4. The van der Waals surface area contributed by atoms with Crippen LogP contribution in [0.3, 0.4) is 0 Å². The van der Waals surface area contributed by atoms with Gasteiger partial charge in [0, 0.05) is 48.4 Å². The van der Waals surface area contributed by atoms with E-state index >= 15 is 0 Å². The fourth-order valence-corrected chi connectivity index (χ4v) is 6.46. The number of alkyl halides is 1. The smallest absolute Gasteiger partial charge is 0.279 e. The first-order valence-corrected chi connectivity index (χ1v) is 15.2. The van der Waals surface area contributed by atoms with Crippen molar-refractivity contribution in [2.45, 2.75) is 10.8 Å². The van der Waals surface area contributed by atoms with Gasteiger partial charge in [-0.25, -0.2) is 13.1 Å². The lowest BCUT2D eigenvalue weighted by atomic mass is 9.95. The maximum atomic E-state index is 13.8. The Balaban J connectivity index is 1.54. The van der Waals surface area contributed by atoms with Crippen LogP contribution in [0.2, 0.25) is 0 Å². The van der Waals surface area contributed by atoms with Crippen molar-refractivity contribution in [2.24, 2.45) is 0 Å². The Morgan fingerprint density at radius 3 is 2.69 bits per heavy atom. The number of non-ortho nitro benzene ring substituents is 1. The van der Waals surface area contributed by atoms with Gasteiger partial charge < -0.3 is 24.6 Å². The highest BCUT2D eigenvalue weighted by atomic mass is 35.5. The molecule has 0 fully saturated rings. The van der Waals surface area contributed by atoms with E-state index in [1.807, 2.05) is 37.2 Å². The molecular weight excluding hydrogens is 586 g/mol. The highest BCUT2D eigenvalue weighted by Crippen LogP contribution is 2.46. The molecule has 0 aliphatic carbocycles. The Bertz CT molecular complexity index is 1790. The van der Waals surface area contributed by atoms with Crippen LogP contribution < -0.4 is 14.4 Å². The summed E-state index contributed by atoms with van der Waals surface area (Å²) < 4.78 is 33.4. The molecule has 1 unspecified atom stereocenters. The number of H-pyrrole nitrogens is 1. The van der Waals surface area contributed by atoms with Gasteiger partial charge in [0.2, 0.25) is 10.0 Å². The first-order valence-electron chi connectivity index (χ1n) is 13.2. The van der Waals surface area contributed by atoms with Gasteiger partial charge in [-0.2, -0.15) is 0 Å². The highest BCUT2D eigenvalue weighted by Gasteiger charge is 2.37. The molecule has 0 bridgehead atoms. The number of aromatic amines is 1. The van der Waals surface area contributed by atoms with Gasteiger partial charge >= 0.3 is 0 Å². The first kappa shape index (κ1) is 29.7. The summed E-state index contributed by atoms with van der Waals surface area (Å²) in [4.78, 5) is 31.8. The number of hydrogen-bond acceptors (Lipinski definition) is 8. The van der Waals surface area contributed by atoms with Gasteiger partial charge in [0.15, 0.2) is 0 Å². The van der Waals surface area contributed by atoms with Crippen LogP contribution in [0, 0.1) is 10.1 Å². The largest absolute Gasteiger partial charge is 0.492 e. The second-order valence-corrected chi connectivity index (χ2v) is 12.3. The molecule has 1 aromatic heterocycles. The van der Waals surface area contributed by atoms with E-state index in [-0.39, 0.29) is 46.8 Å². The van der Waals surface area contributed by atoms with Crippen molar-refractivity contribution in [3.05, 3.63) is 69.9 Å². The molecule has 1 atom stereocenters. The number of nitrogens with zero attached hydrogens (tertiary/aromatic N) is 3. The molecule has 0 saturated heterocycles. The van der Waals surface area contributed by atoms with Gasteiger partial charge in [-0.05, 0) is 61.4 Å². The maximum absolute atomic E-state index is 13.8. The van der Waals surface area contributed by atoms with Crippen molar-refractivity contribution in [2.75, 3.05) is 57.7 Å². The van der Waals surface area contributed by atoms with Gasteiger partial charge in [-0.1, -0.05) is 6.07 Å². The summed E-state index contributed by atoms with van der Waals surface area (Å²) >= 11 is 6.33. The van der Waals surface area contributed by atoms with Crippen molar-refractivity contribution in [1.29, 1.82) is 0 Å². The van der Waals surface area contributed by atoms with Crippen LogP contribution >= 0.6 is 11.6 Å². The standard InChI is InChI=1S/C28H30ClN5O7S/c1-32(2)8-10-41-19-3-6-23-17(11-19)12-24(31-23)28(36)33-16-18(15-29)27-21-5-4-20(42(39,40)30-7-9-35)13-22(21)25(34(37)38)14-26(27)33/h3-6,11-14,18,30-31,35H,7-10,15-16H2,1-2H3. The van der Waals surface area contributed by atoms with Gasteiger partial charge in [0.25, 0.3) is 11.6 Å². The van der Waals surface area contributed by atoms with E-state index in [1.165, 1.54) is 29.2 Å². The van der Waals surface area contributed by atoms with Gasteiger partial charge in [0.05, 0.1) is 27.5 Å². The number of carbonyl (C=O) groups is 1. The van der Waals surface area contributed by atoms with E-state index in [1.54, 1.807) is 6.07 Å². The third-order valence-electron chi connectivity index (χ3n) is 7.18. The molecule has 0 saturated carbocycles. The van der Waals surface area contributed by atoms with E-state index < -0.39 is 21.6 Å². The number of hydrogen-bond donors (Lipinski definition) is 3. The summed E-state index contributed by atoms with van der Waals surface area (Å²) in [6.45, 7) is 0.864. The maximum Gasteiger partial charge on any atom is 0.279 e. The minimum Gasteiger partial charge on any atom is -0.492 e. The average molecular weight is 616 g/mol. The molecule has 3 aromatic carbocycles. The number of rotatable bonds is 11. The van der Waals surface area contributed by atoms with Crippen LogP contribution in [0.5, 0.6) is 5.75 Å². The zero-order chi connectivity index (χ0) is 30.2. The van der Waals surface area contributed by atoms with E-state index in [9.17, 15) is 23.3 Å². The van der Waals surface area contributed by atoms with Crippen LogP contribution in [-0.4, -0.2) is 87.1 Å². The van der Waals surface area contributed by atoms with Crippen LogP contribution in [-0.2, 0) is 10.0 Å². The van der Waals surface area contributed by atoms with E-state index in [0.29, 0.717) is 34.7 Å². The molecule has 0 radical (unpaired) electrons. The number of sulfonamides is 1. The van der Waals surface area contributed by atoms with Crippen LogP contribution in [0.4, 0.5) is 11.4 Å². The molecule has 1 aliphatic rings. The minimum atomic E-state index is -4.01. The second kappa shape index (κ2) is 11.9. The highest BCUT2D eigenvalue weighted by molar-refractivity contribution is 7.89. The van der Waals surface area contributed by atoms with Crippen molar-refractivity contribution < 1.29 is 28.0 Å². The summed E-state index contributed by atoms with van der Waals surface area (Å²) in [6.07, 6.45) is 0. The summed E-state index contributed by atoms with van der Waals surface area (Å²) in [5.74, 6) is 0.0922. The number of nitro benzene ring substituents is 1. The van der Waals surface area contributed by atoms with Crippen molar-refractivity contribution in [3.63, 3.8) is 0 Å². The van der Waals surface area contributed by atoms with Crippen molar-refractivity contribution >= 4 is 60.6 Å². The molecule has 222 valence electrons. The Morgan fingerprint density at radius 2 is 2.00 bits per heavy atom. The number of anilines is 1. The lowest BCUT2D eigenvalue weighted by Crippen LogP contribution is -2.30. The molecule has 2 heterocycles. The fourth-order valence-electron chi connectivity index (χ4n) is 5.16. The molecule has 14 heteroatoms. The normalized spacial score (nSPS) is 15.1. The Morgan fingerprint density at radius 1 is 1.21 bits per heavy atom. The van der Waals surface area contributed by atoms with Gasteiger partial charge in [-0.15, -0.1) is 11.6 Å². The molecule has 42 heavy (non-hydrogen) atoms. The number of halogens is 1. The summed E-state index contributed by atoms with van der Waals surface area (Å²) in [6, 6.07) is 12.6. The van der Waals surface area contributed by atoms with E-state index in [4.69, 9.17) is 21.4 Å². The molecule has 0 spiro atoms. The fraction of sp³-hybridized carbons (Fsp3) is 0.321. The summed E-state index contributed by atoms with van der Waals surface area (Å²) in [5.41, 5.74) is 1.69. The molecule has 12 nitrogen and oxygen atoms in total. The number of nitrogens with one attached hydrogen (secondary N) is 2. The third-order valence-corrected chi connectivity index (χ3v) is 9.01. The lowest BCUT2D eigenvalue weighted by Gasteiger charge is -2.17. The molecule has 4 aromatic rings. The van der Waals surface area contributed by atoms with Crippen LogP contribution in [0.25, 0.3) is 21.7 Å². The molecule has 5 rings (SSSR count). The number of ether oxygens (including phenoxy) is 1. The first-order chi connectivity index (χ1) is 20.0. The Kier molecular flexibility index (Phi) is 8.39. The number of aliphatic hydroxyl groups is 1.